The molecule has 2 aliphatic rings. The van der Waals surface area contributed by atoms with Crippen LogP contribution in [-0.2, 0) is 11.2 Å². The van der Waals surface area contributed by atoms with Gasteiger partial charge in [-0.15, -0.1) is 0 Å². The normalized spacial score (nSPS) is 16.7. The predicted molar refractivity (Wildman–Crippen MR) is 128 cm³/mol. The van der Waals surface area contributed by atoms with Gasteiger partial charge in [0.15, 0.2) is 0 Å². The Morgan fingerprint density at radius 1 is 0.969 bits per heavy atom. The number of hydrogen-bond acceptors (Lipinski definition) is 4. The van der Waals surface area contributed by atoms with Crippen molar-refractivity contribution in [2.75, 3.05) is 23.3 Å². The highest BCUT2D eigenvalue weighted by atomic mass is 16.1. The molecule has 1 aliphatic heterocycles. The highest BCUT2D eigenvalue weighted by Crippen LogP contribution is 2.35. The van der Waals surface area contributed by atoms with E-state index in [1.807, 2.05) is 47.0 Å². The van der Waals surface area contributed by atoms with E-state index in [4.69, 9.17) is 4.98 Å². The van der Waals surface area contributed by atoms with E-state index in [1.54, 1.807) is 0 Å². The van der Waals surface area contributed by atoms with Crippen LogP contribution in [0.25, 0.3) is 10.9 Å². The number of carbonyl (C=O) groups excluding carboxylic acids is 1. The Hall–Kier alpha value is -3.15. The lowest BCUT2D eigenvalue weighted by Crippen LogP contribution is -2.27. The molecule has 1 aromatic heterocycles. The molecule has 6 heteroatoms. The molecule has 3 aromatic rings. The summed E-state index contributed by atoms with van der Waals surface area (Å²) in [7, 11) is 0. The first-order valence-corrected chi connectivity index (χ1v) is 11.8. The van der Waals surface area contributed by atoms with Crippen molar-refractivity contribution in [1.82, 2.24) is 9.55 Å². The van der Waals surface area contributed by atoms with Crippen LogP contribution in [0.2, 0.25) is 0 Å². The molecule has 5 rings (SSSR count). The number of rotatable bonds is 6. The standard InChI is InChI=1S/C26H30N4O2/c31-25(28-22-11-5-6-12-23(22)29-17-7-1-2-8-18-29)16-15-24-27-21-10-4-3-9-20(21)26(32)30(24)19-13-14-19/h3-6,9-12,19H,1-2,7-8,13-18H2,(H,28,31). The summed E-state index contributed by atoms with van der Waals surface area (Å²) in [5.41, 5.74) is 2.68. The minimum atomic E-state index is -0.0444. The number of benzene rings is 2. The zero-order valence-electron chi connectivity index (χ0n) is 18.4. The Morgan fingerprint density at radius 2 is 1.69 bits per heavy atom. The van der Waals surface area contributed by atoms with Gasteiger partial charge in [0.1, 0.15) is 5.82 Å². The molecule has 2 heterocycles. The highest BCUT2D eigenvalue weighted by molar-refractivity contribution is 5.94. The largest absolute Gasteiger partial charge is 0.370 e. The van der Waals surface area contributed by atoms with Crippen LogP contribution in [0.15, 0.2) is 53.3 Å². The predicted octanol–water partition coefficient (Wildman–Crippen LogP) is 4.68. The van der Waals surface area contributed by atoms with Gasteiger partial charge in [0.05, 0.1) is 22.3 Å². The van der Waals surface area contributed by atoms with Crippen molar-refractivity contribution in [1.29, 1.82) is 0 Å². The van der Waals surface area contributed by atoms with Gasteiger partial charge in [0.2, 0.25) is 5.91 Å². The maximum atomic E-state index is 13.0. The molecule has 1 amide bonds. The first kappa shape index (κ1) is 20.7. The van der Waals surface area contributed by atoms with E-state index in [9.17, 15) is 9.59 Å². The van der Waals surface area contributed by atoms with E-state index in [0.29, 0.717) is 29.6 Å². The number of anilines is 2. The molecule has 2 aromatic carbocycles. The number of aryl methyl sites for hydroxylation is 1. The van der Waals surface area contributed by atoms with Gasteiger partial charge in [0, 0.05) is 32.0 Å². The van der Waals surface area contributed by atoms with Crippen molar-refractivity contribution < 1.29 is 4.79 Å². The molecule has 166 valence electrons. The van der Waals surface area contributed by atoms with Crippen LogP contribution in [0.1, 0.15) is 56.8 Å². The average Bonchev–Trinajstić information content (AvgIpc) is 3.66. The van der Waals surface area contributed by atoms with Gasteiger partial charge < -0.3 is 10.2 Å². The van der Waals surface area contributed by atoms with Crippen LogP contribution in [-0.4, -0.2) is 28.5 Å². The second kappa shape index (κ2) is 9.15. The molecule has 0 spiro atoms. The third-order valence-corrected chi connectivity index (χ3v) is 6.49. The van der Waals surface area contributed by atoms with E-state index in [0.717, 1.165) is 37.3 Å². The smallest absolute Gasteiger partial charge is 0.261 e. The molecule has 1 saturated heterocycles. The van der Waals surface area contributed by atoms with Crippen molar-refractivity contribution in [2.24, 2.45) is 0 Å². The summed E-state index contributed by atoms with van der Waals surface area (Å²) in [6, 6.07) is 15.8. The number of carbonyl (C=O) groups is 1. The second-order valence-electron chi connectivity index (χ2n) is 8.92. The minimum Gasteiger partial charge on any atom is -0.370 e. The fourth-order valence-corrected chi connectivity index (χ4v) is 4.68. The van der Waals surface area contributed by atoms with Gasteiger partial charge in [0.25, 0.3) is 5.56 Å². The maximum Gasteiger partial charge on any atom is 0.261 e. The Labute approximate surface area is 188 Å². The molecule has 1 N–H and O–H groups in total. The van der Waals surface area contributed by atoms with Crippen LogP contribution >= 0.6 is 0 Å². The van der Waals surface area contributed by atoms with Gasteiger partial charge in [-0.3, -0.25) is 14.2 Å². The summed E-state index contributed by atoms with van der Waals surface area (Å²) >= 11 is 0. The minimum absolute atomic E-state index is 0.0139. The van der Waals surface area contributed by atoms with E-state index in [2.05, 4.69) is 16.3 Å². The van der Waals surface area contributed by atoms with Gasteiger partial charge in [-0.25, -0.2) is 4.98 Å². The molecule has 1 saturated carbocycles. The number of amides is 1. The molecule has 0 bridgehead atoms. The lowest BCUT2D eigenvalue weighted by atomic mass is 10.2. The maximum absolute atomic E-state index is 13.0. The molecule has 0 atom stereocenters. The van der Waals surface area contributed by atoms with Crippen LogP contribution < -0.4 is 15.8 Å². The van der Waals surface area contributed by atoms with Gasteiger partial charge in [-0.1, -0.05) is 37.1 Å². The molecular weight excluding hydrogens is 400 g/mol. The number of nitrogens with one attached hydrogen (secondary N) is 1. The molecular formula is C26H30N4O2. The van der Waals surface area contributed by atoms with Crippen LogP contribution in [0, 0.1) is 0 Å². The summed E-state index contributed by atoms with van der Waals surface area (Å²) in [5.74, 6) is 0.671. The summed E-state index contributed by atoms with van der Waals surface area (Å²) < 4.78 is 1.82. The van der Waals surface area contributed by atoms with Crippen molar-refractivity contribution in [3.05, 3.63) is 64.7 Å². The number of nitrogens with zero attached hydrogens (tertiary/aromatic N) is 3. The van der Waals surface area contributed by atoms with Gasteiger partial charge in [-0.2, -0.15) is 0 Å². The number of fused-ring (bicyclic) bond motifs is 1. The first-order valence-electron chi connectivity index (χ1n) is 11.8. The van der Waals surface area contributed by atoms with Crippen molar-refractivity contribution in [3.63, 3.8) is 0 Å². The summed E-state index contributed by atoms with van der Waals surface area (Å²) in [6.07, 6.45) is 7.67. The third kappa shape index (κ3) is 4.40. The van der Waals surface area contributed by atoms with Crippen LogP contribution in [0.4, 0.5) is 11.4 Å². The molecule has 0 radical (unpaired) electrons. The lowest BCUT2D eigenvalue weighted by Gasteiger charge is -2.25. The SMILES string of the molecule is O=C(CCc1nc2ccccc2c(=O)n1C1CC1)Nc1ccccc1N1CCCCCC1. The summed E-state index contributed by atoms with van der Waals surface area (Å²) in [6.45, 7) is 2.06. The summed E-state index contributed by atoms with van der Waals surface area (Å²) in [5, 5.41) is 3.77. The number of para-hydroxylation sites is 3. The Kier molecular flexibility index (Phi) is 5.93. The van der Waals surface area contributed by atoms with E-state index >= 15 is 0 Å². The zero-order valence-corrected chi connectivity index (χ0v) is 18.4. The molecule has 2 fully saturated rings. The zero-order chi connectivity index (χ0) is 21.9. The first-order chi connectivity index (χ1) is 15.7. The van der Waals surface area contributed by atoms with Gasteiger partial charge >= 0.3 is 0 Å². The van der Waals surface area contributed by atoms with E-state index in [-0.39, 0.29) is 17.5 Å². The fraction of sp³-hybridized carbons (Fsp3) is 0.423. The number of aromatic nitrogens is 2. The van der Waals surface area contributed by atoms with Crippen LogP contribution in [0.3, 0.4) is 0 Å². The van der Waals surface area contributed by atoms with Crippen molar-refractivity contribution >= 4 is 28.2 Å². The number of hydrogen-bond donors (Lipinski definition) is 1. The third-order valence-electron chi connectivity index (χ3n) is 6.49. The van der Waals surface area contributed by atoms with E-state index < -0.39 is 0 Å². The summed E-state index contributed by atoms with van der Waals surface area (Å²) in [4.78, 5) is 33.1. The molecule has 6 nitrogen and oxygen atoms in total. The van der Waals surface area contributed by atoms with Crippen molar-refractivity contribution in [3.8, 4) is 0 Å². The Balaban J connectivity index is 1.33. The average molecular weight is 431 g/mol. The Bertz CT molecular complexity index is 1170. The highest BCUT2D eigenvalue weighted by Gasteiger charge is 2.28. The monoisotopic (exact) mass is 430 g/mol. The molecule has 32 heavy (non-hydrogen) atoms. The second-order valence-corrected chi connectivity index (χ2v) is 8.92. The molecule has 0 unspecified atom stereocenters. The van der Waals surface area contributed by atoms with Gasteiger partial charge in [-0.05, 0) is 49.9 Å². The van der Waals surface area contributed by atoms with Crippen molar-refractivity contribution in [2.45, 2.75) is 57.4 Å². The topological polar surface area (TPSA) is 67.2 Å². The van der Waals surface area contributed by atoms with Crippen LogP contribution in [0.5, 0.6) is 0 Å². The quantitative estimate of drug-likeness (QED) is 0.616. The fourth-order valence-electron chi connectivity index (χ4n) is 4.68. The molecule has 1 aliphatic carbocycles. The lowest BCUT2D eigenvalue weighted by molar-refractivity contribution is -0.116. The Morgan fingerprint density at radius 3 is 2.47 bits per heavy atom. The van der Waals surface area contributed by atoms with E-state index in [1.165, 1.54) is 25.7 Å².